The molecule has 2 nitrogen and oxygen atoms in total. The number of benzene rings is 2. The molecule has 2 aromatic rings. The predicted molar refractivity (Wildman–Crippen MR) is 93.2 cm³/mol. The van der Waals surface area contributed by atoms with Gasteiger partial charge in [-0.3, -0.25) is 4.48 Å². The van der Waals surface area contributed by atoms with Crippen molar-refractivity contribution in [1.82, 2.24) is 0 Å². The molecule has 1 amide bonds. The van der Waals surface area contributed by atoms with E-state index in [9.17, 15) is 9.18 Å². The third-order valence-electron chi connectivity index (χ3n) is 5.73. The second kappa shape index (κ2) is 5.82. The Bertz CT molecular complexity index is 771. The molecule has 124 valence electrons. The summed E-state index contributed by atoms with van der Waals surface area (Å²) in [6.45, 7) is 3.78. The minimum Gasteiger partial charge on any atom is -0.254 e. The van der Waals surface area contributed by atoms with Crippen molar-refractivity contribution in [2.24, 2.45) is 0 Å². The van der Waals surface area contributed by atoms with Gasteiger partial charge in [0.25, 0.3) is 0 Å². The quantitative estimate of drug-likeness (QED) is 0.747. The van der Waals surface area contributed by atoms with Crippen LogP contribution < -0.4 is 0 Å². The highest BCUT2D eigenvalue weighted by Crippen LogP contribution is 2.39. The van der Waals surface area contributed by atoms with Crippen molar-refractivity contribution in [3.05, 3.63) is 59.4 Å². The van der Waals surface area contributed by atoms with E-state index in [1.54, 1.807) is 13.0 Å². The molecule has 4 rings (SSSR count). The fourth-order valence-electron chi connectivity index (χ4n) is 4.17. The Morgan fingerprint density at radius 1 is 1.04 bits per heavy atom. The van der Waals surface area contributed by atoms with Crippen molar-refractivity contribution in [1.29, 1.82) is 0 Å². The number of nitrogens with zero attached hydrogens (tertiary/aromatic N) is 1. The van der Waals surface area contributed by atoms with Crippen LogP contribution in [-0.4, -0.2) is 29.5 Å². The average Bonchev–Trinajstić information content (AvgIpc) is 3.35. The molecular weight excluding hydrogens is 301 g/mol. The van der Waals surface area contributed by atoms with E-state index >= 15 is 0 Å². The van der Waals surface area contributed by atoms with E-state index in [0.717, 1.165) is 42.6 Å². The van der Waals surface area contributed by atoms with E-state index in [1.807, 2.05) is 30.3 Å². The lowest BCUT2D eigenvalue weighted by Gasteiger charge is -2.31. The molecular formula is C21H23FNO+. The van der Waals surface area contributed by atoms with Gasteiger partial charge in [-0.25, -0.2) is 9.18 Å². The summed E-state index contributed by atoms with van der Waals surface area (Å²) in [5, 5.41) is 0. The van der Waals surface area contributed by atoms with Crippen LogP contribution in [0.25, 0.3) is 11.1 Å². The average molecular weight is 324 g/mol. The largest absolute Gasteiger partial charge is 0.346 e. The number of carbonyl (C=O) groups is 1. The van der Waals surface area contributed by atoms with Gasteiger partial charge in [0.1, 0.15) is 5.82 Å². The lowest BCUT2D eigenvalue weighted by Crippen LogP contribution is -2.52. The number of likely N-dealkylation sites (tertiary alicyclic amines) is 1. The molecule has 1 saturated heterocycles. The van der Waals surface area contributed by atoms with Gasteiger partial charge in [-0.1, -0.05) is 24.3 Å². The highest BCUT2D eigenvalue weighted by molar-refractivity contribution is 5.90. The first-order valence-electron chi connectivity index (χ1n) is 8.89. The van der Waals surface area contributed by atoms with Crippen molar-refractivity contribution in [3.8, 4) is 11.1 Å². The molecule has 1 saturated carbocycles. The maximum Gasteiger partial charge on any atom is 0.346 e. The summed E-state index contributed by atoms with van der Waals surface area (Å²) in [5.74, 6) is 0.0838. The summed E-state index contributed by atoms with van der Waals surface area (Å²) in [5.41, 5.74) is 3.29. The number of hydrogen-bond acceptors (Lipinski definition) is 1. The number of amides is 1. The van der Waals surface area contributed by atoms with E-state index in [2.05, 4.69) is 0 Å². The maximum absolute atomic E-state index is 13.8. The van der Waals surface area contributed by atoms with Gasteiger partial charge in [0, 0.05) is 25.7 Å². The lowest BCUT2D eigenvalue weighted by molar-refractivity contribution is -0.847. The van der Waals surface area contributed by atoms with E-state index < -0.39 is 0 Å². The molecule has 0 spiro atoms. The third kappa shape index (κ3) is 2.48. The van der Waals surface area contributed by atoms with E-state index in [0.29, 0.717) is 16.1 Å². The van der Waals surface area contributed by atoms with Crippen LogP contribution in [0.1, 0.15) is 41.6 Å². The number of rotatable bonds is 3. The number of quaternary nitrogens is 1. The maximum atomic E-state index is 13.8. The van der Waals surface area contributed by atoms with Crippen LogP contribution in [0.4, 0.5) is 4.39 Å². The van der Waals surface area contributed by atoms with Gasteiger partial charge in [0.05, 0.1) is 24.7 Å². The lowest BCUT2D eigenvalue weighted by atomic mass is 9.99. The number of hydrogen-bond donors (Lipinski definition) is 0. The van der Waals surface area contributed by atoms with Gasteiger partial charge in [-0.15, -0.1) is 0 Å². The fourth-order valence-corrected chi connectivity index (χ4v) is 4.17. The minimum absolute atomic E-state index is 0.192. The Morgan fingerprint density at radius 3 is 2.33 bits per heavy atom. The molecule has 0 unspecified atom stereocenters. The van der Waals surface area contributed by atoms with Gasteiger partial charge >= 0.3 is 5.91 Å². The minimum atomic E-state index is -0.192. The Labute approximate surface area is 142 Å². The van der Waals surface area contributed by atoms with Crippen molar-refractivity contribution in [2.75, 3.05) is 13.1 Å². The van der Waals surface area contributed by atoms with Crippen LogP contribution in [0.5, 0.6) is 0 Å². The van der Waals surface area contributed by atoms with Gasteiger partial charge < -0.3 is 0 Å². The molecule has 0 aromatic heterocycles. The third-order valence-corrected chi connectivity index (χ3v) is 5.73. The van der Waals surface area contributed by atoms with Gasteiger partial charge in [-0.05, 0) is 41.8 Å². The second-order valence-corrected chi connectivity index (χ2v) is 7.21. The van der Waals surface area contributed by atoms with Crippen LogP contribution in [0, 0.1) is 12.7 Å². The molecule has 0 N–H and O–H groups in total. The van der Waals surface area contributed by atoms with E-state index in [-0.39, 0.29) is 11.7 Å². The van der Waals surface area contributed by atoms with E-state index in [1.165, 1.54) is 18.9 Å². The van der Waals surface area contributed by atoms with Crippen LogP contribution in [-0.2, 0) is 0 Å². The number of halogens is 1. The summed E-state index contributed by atoms with van der Waals surface area (Å²) in [4.78, 5) is 13.1. The SMILES string of the molecule is Cc1c(F)cccc1-c1ccc(C(=O)[N+]2(C3CC3)CCCC2)cc1. The standard InChI is InChI=1S/C21H23FNO/c1-15-19(5-4-6-20(15)22)16-7-9-17(10-8-16)21(24)23(18-11-12-18)13-2-3-14-23/h4-10,18H,2-3,11-14H2,1H3/q+1. The van der Waals surface area contributed by atoms with Gasteiger partial charge in [-0.2, -0.15) is 0 Å². The molecule has 24 heavy (non-hydrogen) atoms. The molecule has 0 radical (unpaired) electrons. The summed E-state index contributed by atoms with van der Waals surface area (Å²) in [7, 11) is 0. The zero-order valence-electron chi connectivity index (χ0n) is 14.1. The fraction of sp³-hybridized carbons (Fsp3) is 0.381. The summed E-state index contributed by atoms with van der Waals surface area (Å²) < 4.78 is 14.4. The zero-order valence-corrected chi connectivity index (χ0v) is 14.1. The predicted octanol–water partition coefficient (Wildman–Crippen LogP) is 4.71. The Hall–Kier alpha value is -2.00. The molecule has 2 aromatic carbocycles. The summed E-state index contributed by atoms with van der Waals surface area (Å²) in [6.07, 6.45) is 4.68. The number of carbonyl (C=O) groups excluding carboxylic acids is 1. The second-order valence-electron chi connectivity index (χ2n) is 7.21. The van der Waals surface area contributed by atoms with Gasteiger partial charge in [0.2, 0.25) is 0 Å². The van der Waals surface area contributed by atoms with Crippen LogP contribution in [0.15, 0.2) is 42.5 Å². The first kappa shape index (κ1) is 15.5. The van der Waals surface area contributed by atoms with Crippen molar-refractivity contribution < 1.29 is 13.7 Å². The van der Waals surface area contributed by atoms with Crippen LogP contribution in [0.3, 0.4) is 0 Å². The summed E-state index contributed by atoms with van der Waals surface area (Å²) in [6, 6.07) is 13.4. The van der Waals surface area contributed by atoms with Crippen molar-refractivity contribution in [3.63, 3.8) is 0 Å². The highest BCUT2D eigenvalue weighted by Gasteiger charge is 2.52. The molecule has 0 atom stereocenters. The monoisotopic (exact) mass is 324 g/mol. The Morgan fingerprint density at radius 2 is 1.71 bits per heavy atom. The first-order chi connectivity index (χ1) is 11.6. The molecule has 3 heteroatoms. The molecule has 1 aliphatic carbocycles. The Balaban J connectivity index is 1.64. The normalized spacial score (nSPS) is 19.4. The molecule has 2 aliphatic rings. The van der Waals surface area contributed by atoms with Gasteiger partial charge in [0.15, 0.2) is 0 Å². The molecule has 1 aliphatic heterocycles. The van der Waals surface area contributed by atoms with Crippen molar-refractivity contribution >= 4 is 5.91 Å². The molecule has 0 bridgehead atoms. The highest BCUT2D eigenvalue weighted by atomic mass is 19.1. The van der Waals surface area contributed by atoms with E-state index in [4.69, 9.17) is 0 Å². The van der Waals surface area contributed by atoms with Crippen LogP contribution >= 0.6 is 0 Å². The van der Waals surface area contributed by atoms with Crippen molar-refractivity contribution in [2.45, 2.75) is 38.6 Å². The Kier molecular flexibility index (Phi) is 3.76. The first-order valence-corrected chi connectivity index (χ1v) is 8.89. The topological polar surface area (TPSA) is 17.1 Å². The molecule has 2 fully saturated rings. The van der Waals surface area contributed by atoms with Crippen LogP contribution in [0.2, 0.25) is 0 Å². The smallest absolute Gasteiger partial charge is 0.254 e. The molecule has 1 heterocycles. The zero-order chi connectivity index (χ0) is 16.7. The summed E-state index contributed by atoms with van der Waals surface area (Å²) >= 11 is 0.